The van der Waals surface area contributed by atoms with E-state index in [1.54, 1.807) is 0 Å². The van der Waals surface area contributed by atoms with Gasteiger partial charge in [0.1, 0.15) is 17.6 Å². The molecule has 2 aromatic rings. The number of aromatic nitrogens is 2. The average Bonchev–Trinajstić information content (AvgIpc) is 3.23. The van der Waals surface area contributed by atoms with Crippen LogP contribution in [0.1, 0.15) is 37.5 Å². The lowest BCUT2D eigenvalue weighted by Crippen LogP contribution is -2.38. The smallest absolute Gasteiger partial charge is 0.191 e. The number of benzene rings is 1. The summed E-state index contributed by atoms with van der Waals surface area (Å²) in [4.78, 5) is 4.75. The Morgan fingerprint density at radius 1 is 1.36 bits per heavy atom. The number of hydrogen-bond acceptors (Lipinski definition) is 4. The minimum Gasteiger partial charge on any atom is -0.494 e. The molecule has 0 aliphatic carbocycles. The lowest BCUT2D eigenvalue weighted by atomic mass is 10.1. The second-order valence-corrected chi connectivity index (χ2v) is 7.03. The second-order valence-electron chi connectivity index (χ2n) is 7.03. The van der Waals surface area contributed by atoms with Crippen LogP contribution >= 0.6 is 0 Å². The number of nitrogens with zero attached hydrogens (tertiary/aromatic N) is 3. The number of aryl methyl sites for hydroxylation is 1. The molecule has 28 heavy (non-hydrogen) atoms. The SMILES string of the molecule is CCNC(=NCc1cc2c(cc1OCC)CC(C)O2)NCCc1cnn(C)c1. The van der Waals surface area contributed by atoms with E-state index in [2.05, 4.69) is 41.7 Å². The summed E-state index contributed by atoms with van der Waals surface area (Å²) in [6.45, 7) is 8.92. The largest absolute Gasteiger partial charge is 0.494 e. The second kappa shape index (κ2) is 9.48. The fourth-order valence-corrected chi connectivity index (χ4v) is 3.33. The van der Waals surface area contributed by atoms with Crippen molar-refractivity contribution >= 4 is 5.96 Å². The van der Waals surface area contributed by atoms with Gasteiger partial charge >= 0.3 is 0 Å². The van der Waals surface area contributed by atoms with Crippen LogP contribution in [0.5, 0.6) is 11.5 Å². The number of aliphatic imine (C=N–C) groups is 1. The minimum absolute atomic E-state index is 0.217. The lowest BCUT2D eigenvalue weighted by molar-refractivity contribution is 0.254. The van der Waals surface area contributed by atoms with Crippen LogP contribution in [0.4, 0.5) is 0 Å². The van der Waals surface area contributed by atoms with Gasteiger partial charge in [-0.3, -0.25) is 4.68 Å². The summed E-state index contributed by atoms with van der Waals surface area (Å²) in [5.74, 6) is 2.65. The maximum absolute atomic E-state index is 5.91. The Morgan fingerprint density at radius 3 is 2.93 bits per heavy atom. The highest BCUT2D eigenvalue weighted by Crippen LogP contribution is 2.35. The molecule has 7 nitrogen and oxygen atoms in total. The van der Waals surface area contributed by atoms with Crippen molar-refractivity contribution in [1.29, 1.82) is 0 Å². The summed E-state index contributed by atoms with van der Waals surface area (Å²) in [7, 11) is 1.93. The van der Waals surface area contributed by atoms with Crippen molar-refractivity contribution < 1.29 is 9.47 Å². The molecule has 3 rings (SSSR count). The van der Waals surface area contributed by atoms with Gasteiger partial charge < -0.3 is 20.1 Å². The molecular weight excluding hydrogens is 354 g/mol. The first-order valence-electron chi connectivity index (χ1n) is 10.0. The Hall–Kier alpha value is -2.70. The Kier molecular flexibility index (Phi) is 6.79. The molecule has 7 heteroatoms. The van der Waals surface area contributed by atoms with Gasteiger partial charge in [-0.25, -0.2) is 4.99 Å². The standard InChI is InChI=1S/C21H31N5O2/c1-5-22-21(23-8-7-16-12-25-26(4)14-16)24-13-18-11-20-17(9-15(3)28-20)10-19(18)27-6-2/h10-12,14-15H,5-9,13H2,1-4H3,(H2,22,23,24). The topological polar surface area (TPSA) is 72.7 Å². The number of nitrogens with one attached hydrogen (secondary N) is 2. The number of rotatable bonds is 8. The minimum atomic E-state index is 0.217. The van der Waals surface area contributed by atoms with Gasteiger partial charge in [-0.05, 0) is 44.9 Å². The molecule has 0 saturated heterocycles. The number of guanidine groups is 1. The Balaban J connectivity index is 1.67. The van der Waals surface area contributed by atoms with E-state index in [4.69, 9.17) is 14.5 Å². The van der Waals surface area contributed by atoms with Crippen LogP contribution in [0.3, 0.4) is 0 Å². The van der Waals surface area contributed by atoms with E-state index in [1.807, 2.05) is 31.0 Å². The van der Waals surface area contributed by atoms with Gasteiger partial charge in [0.05, 0.1) is 19.3 Å². The third-order valence-corrected chi connectivity index (χ3v) is 4.60. The molecule has 0 fully saturated rings. The van der Waals surface area contributed by atoms with Crippen molar-refractivity contribution in [3.63, 3.8) is 0 Å². The summed E-state index contributed by atoms with van der Waals surface area (Å²) >= 11 is 0. The van der Waals surface area contributed by atoms with Gasteiger partial charge in [-0.15, -0.1) is 0 Å². The maximum Gasteiger partial charge on any atom is 0.191 e. The number of hydrogen-bond donors (Lipinski definition) is 2. The van der Waals surface area contributed by atoms with Crippen molar-refractivity contribution in [3.8, 4) is 11.5 Å². The van der Waals surface area contributed by atoms with Crippen molar-refractivity contribution in [1.82, 2.24) is 20.4 Å². The zero-order chi connectivity index (χ0) is 19.9. The molecule has 0 bridgehead atoms. The molecule has 0 amide bonds. The van der Waals surface area contributed by atoms with Crippen LogP contribution in [0.25, 0.3) is 0 Å². The van der Waals surface area contributed by atoms with Crippen LogP contribution in [0.2, 0.25) is 0 Å². The van der Waals surface area contributed by atoms with Crippen LogP contribution < -0.4 is 20.1 Å². The van der Waals surface area contributed by atoms with E-state index in [1.165, 1.54) is 11.1 Å². The molecule has 1 aromatic heterocycles. The number of ether oxygens (including phenoxy) is 2. The van der Waals surface area contributed by atoms with E-state index >= 15 is 0 Å². The van der Waals surface area contributed by atoms with Crippen LogP contribution in [0, 0.1) is 0 Å². The van der Waals surface area contributed by atoms with Crippen LogP contribution in [-0.4, -0.2) is 41.5 Å². The lowest BCUT2D eigenvalue weighted by Gasteiger charge is -2.13. The first kappa shape index (κ1) is 20.0. The van der Waals surface area contributed by atoms with Crippen molar-refractivity contribution in [2.45, 2.75) is 46.3 Å². The molecule has 1 unspecified atom stereocenters. The fourth-order valence-electron chi connectivity index (χ4n) is 3.33. The molecule has 0 spiro atoms. The highest BCUT2D eigenvalue weighted by atomic mass is 16.5. The Labute approximate surface area is 167 Å². The van der Waals surface area contributed by atoms with E-state index in [9.17, 15) is 0 Å². The molecule has 1 aliphatic heterocycles. The normalized spacial score (nSPS) is 15.9. The molecule has 0 saturated carbocycles. The van der Waals surface area contributed by atoms with Gasteiger partial charge in [0.15, 0.2) is 5.96 Å². The predicted octanol–water partition coefficient (Wildman–Crippen LogP) is 2.44. The highest BCUT2D eigenvalue weighted by molar-refractivity contribution is 5.79. The maximum atomic E-state index is 5.91. The molecule has 2 N–H and O–H groups in total. The molecule has 0 radical (unpaired) electrons. The highest BCUT2D eigenvalue weighted by Gasteiger charge is 2.21. The zero-order valence-electron chi connectivity index (χ0n) is 17.3. The van der Waals surface area contributed by atoms with E-state index < -0.39 is 0 Å². The quantitative estimate of drug-likeness (QED) is 0.539. The number of fused-ring (bicyclic) bond motifs is 1. The first-order valence-corrected chi connectivity index (χ1v) is 10.0. The summed E-state index contributed by atoms with van der Waals surface area (Å²) in [5.41, 5.74) is 3.46. The van der Waals surface area contributed by atoms with Gasteiger partial charge in [0, 0.05) is 43.9 Å². The monoisotopic (exact) mass is 385 g/mol. The zero-order valence-corrected chi connectivity index (χ0v) is 17.3. The molecule has 1 atom stereocenters. The van der Waals surface area contributed by atoms with Crippen molar-refractivity contribution in [3.05, 3.63) is 41.2 Å². The van der Waals surface area contributed by atoms with Gasteiger partial charge in [0.25, 0.3) is 0 Å². The molecule has 1 aliphatic rings. The van der Waals surface area contributed by atoms with Crippen LogP contribution in [-0.2, 0) is 26.4 Å². The molecular formula is C21H31N5O2. The summed E-state index contributed by atoms with van der Waals surface area (Å²) < 4.78 is 13.6. The summed E-state index contributed by atoms with van der Waals surface area (Å²) in [6.07, 6.45) is 5.97. The van der Waals surface area contributed by atoms with E-state index in [0.717, 1.165) is 49.0 Å². The Morgan fingerprint density at radius 2 is 2.21 bits per heavy atom. The Bertz CT molecular complexity index is 815. The third kappa shape index (κ3) is 5.18. The average molecular weight is 386 g/mol. The van der Waals surface area contributed by atoms with E-state index in [-0.39, 0.29) is 6.10 Å². The molecule has 2 heterocycles. The van der Waals surface area contributed by atoms with Crippen molar-refractivity contribution in [2.75, 3.05) is 19.7 Å². The molecule has 152 valence electrons. The van der Waals surface area contributed by atoms with E-state index in [0.29, 0.717) is 13.2 Å². The van der Waals surface area contributed by atoms with Crippen molar-refractivity contribution in [2.24, 2.45) is 12.0 Å². The summed E-state index contributed by atoms with van der Waals surface area (Å²) in [6, 6.07) is 4.18. The summed E-state index contributed by atoms with van der Waals surface area (Å²) in [5, 5.41) is 10.9. The molecule has 1 aromatic carbocycles. The predicted molar refractivity (Wildman–Crippen MR) is 111 cm³/mol. The third-order valence-electron chi connectivity index (χ3n) is 4.60. The van der Waals surface area contributed by atoms with Gasteiger partial charge in [0.2, 0.25) is 0 Å². The van der Waals surface area contributed by atoms with Crippen LogP contribution in [0.15, 0.2) is 29.5 Å². The van der Waals surface area contributed by atoms with Gasteiger partial charge in [-0.2, -0.15) is 5.10 Å². The van der Waals surface area contributed by atoms with Gasteiger partial charge in [-0.1, -0.05) is 0 Å². The first-order chi connectivity index (χ1) is 13.6. The fraction of sp³-hybridized carbons (Fsp3) is 0.524.